The highest BCUT2D eigenvalue weighted by atomic mass is 35.5. The number of rotatable bonds is 5. The maximum Gasteiger partial charge on any atom is 0.338 e. The van der Waals surface area contributed by atoms with E-state index in [9.17, 15) is 14.4 Å². The molecule has 3 heterocycles. The average Bonchev–Trinajstić information content (AvgIpc) is 3.36. The number of halogens is 1. The van der Waals surface area contributed by atoms with Crippen molar-refractivity contribution < 1.29 is 23.8 Å². The molecule has 1 aromatic heterocycles. The van der Waals surface area contributed by atoms with E-state index in [0.29, 0.717) is 43.8 Å². The molecule has 9 nitrogen and oxygen atoms in total. The summed E-state index contributed by atoms with van der Waals surface area (Å²) in [5.74, 6) is -0.0759. The van der Waals surface area contributed by atoms with Gasteiger partial charge in [-0.15, -0.1) is 0 Å². The number of benzene rings is 2. The van der Waals surface area contributed by atoms with Crippen LogP contribution in [0.2, 0.25) is 5.02 Å². The lowest BCUT2D eigenvalue weighted by Gasteiger charge is -2.26. The van der Waals surface area contributed by atoms with Crippen LogP contribution in [0.5, 0.6) is 11.5 Å². The van der Waals surface area contributed by atoms with Crippen LogP contribution in [0.1, 0.15) is 37.9 Å². The maximum atomic E-state index is 14.1. The molecule has 1 amide bonds. The van der Waals surface area contributed by atoms with Gasteiger partial charge in [0.2, 0.25) is 0 Å². The average molecular weight is 554 g/mol. The van der Waals surface area contributed by atoms with Crippen LogP contribution in [-0.2, 0) is 14.3 Å². The number of carbonyl (C=O) groups is 2. The lowest BCUT2D eigenvalue weighted by Crippen LogP contribution is -2.41. The summed E-state index contributed by atoms with van der Waals surface area (Å²) in [5, 5.41) is 3.22. The molecule has 0 aliphatic carbocycles. The molecule has 11 heteroatoms. The number of hydrogen-bond acceptors (Lipinski definition) is 8. The number of amides is 1. The van der Waals surface area contributed by atoms with Crippen LogP contribution in [0.15, 0.2) is 57.5 Å². The number of methoxy groups -OCH3 is 2. The molecule has 0 saturated carbocycles. The first-order valence-electron chi connectivity index (χ1n) is 11.7. The number of anilines is 1. The Morgan fingerprint density at radius 2 is 1.89 bits per heavy atom. The van der Waals surface area contributed by atoms with Crippen LogP contribution in [0.4, 0.5) is 5.69 Å². The molecule has 2 aliphatic rings. The van der Waals surface area contributed by atoms with Gasteiger partial charge in [-0.25, -0.2) is 9.79 Å². The van der Waals surface area contributed by atoms with Gasteiger partial charge in [0, 0.05) is 21.8 Å². The van der Waals surface area contributed by atoms with E-state index in [4.69, 9.17) is 25.8 Å². The van der Waals surface area contributed by atoms with Crippen molar-refractivity contribution in [1.29, 1.82) is 0 Å². The van der Waals surface area contributed by atoms with Gasteiger partial charge in [-0.05, 0) is 57.2 Å². The molecule has 1 atom stereocenters. The first kappa shape index (κ1) is 25.7. The fourth-order valence-corrected chi connectivity index (χ4v) is 5.94. The number of hydrogen-bond donors (Lipinski definition) is 1. The number of fused-ring (bicyclic) bond motifs is 2. The van der Waals surface area contributed by atoms with E-state index in [1.54, 1.807) is 57.2 Å². The summed E-state index contributed by atoms with van der Waals surface area (Å²) in [4.78, 5) is 45.4. The molecule has 0 unspecified atom stereocenters. The number of nitrogens with one attached hydrogen (secondary N) is 1. The van der Waals surface area contributed by atoms with Crippen LogP contribution in [0.3, 0.4) is 0 Å². The van der Waals surface area contributed by atoms with Crippen LogP contribution in [-0.4, -0.2) is 36.8 Å². The molecule has 2 aliphatic heterocycles. The minimum Gasteiger partial charge on any atom is -0.497 e. The van der Waals surface area contributed by atoms with Crippen LogP contribution in [0, 0.1) is 0 Å². The fourth-order valence-electron chi connectivity index (χ4n) is 4.62. The molecule has 0 spiro atoms. The molecule has 1 N–H and O–H groups in total. The third kappa shape index (κ3) is 4.19. The molecule has 3 aromatic rings. The maximum absolute atomic E-state index is 14.1. The topological polar surface area (TPSA) is 108 Å². The van der Waals surface area contributed by atoms with Gasteiger partial charge < -0.3 is 19.5 Å². The summed E-state index contributed by atoms with van der Waals surface area (Å²) < 4.78 is 18.2. The molecule has 196 valence electrons. The smallest absolute Gasteiger partial charge is 0.338 e. The number of esters is 1. The molecule has 0 radical (unpaired) electrons. The van der Waals surface area contributed by atoms with Gasteiger partial charge in [0.05, 0.1) is 37.2 Å². The van der Waals surface area contributed by atoms with Gasteiger partial charge in [-0.1, -0.05) is 22.9 Å². The largest absolute Gasteiger partial charge is 0.497 e. The first-order valence-corrected chi connectivity index (χ1v) is 12.9. The minimum absolute atomic E-state index is 0.181. The van der Waals surface area contributed by atoms with Crippen molar-refractivity contribution in [3.8, 4) is 11.5 Å². The van der Waals surface area contributed by atoms with E-state index >= 15 is 0 Å². The number of ether oxygens (including phenoxy) is 3. The van der Waals surface area contributed by atoms with E-state index in [2.05, 4.69) is 10.3 Å². The predicted octanol–water partition coefficient (Wildman–Crippen LogP) is 3.18. The molecular weight excluding hydrogens is 530 g/mol. The van der Waals surface area contributed by atoms with Crippen molar-refractivity contribution in [3.05, 3.63) is 83.5 Å². The van der Waals surface area contributed by atoms with Crippen molar-refractivity contribution in [2.24, 2.45) is 4.99 Å². The summed E-state index contributed by atoms with van der Waals surface area (Å²) >= 11 is 7.28. The monoisotopic (exact) mass is 553 g/mol. The third-order valence-electron chi connectivity index (χ3n) is 6.24. The minimum atomic E-state index is -0.944. The van der Waals surface area contributed by atoms with Crippen molar-refractivity contribution in [3.63, 3.8) is 0 Å². The zero-order valence-corrected chi connectivity index (χ0v) is 22.8. The van der Waals surface area contributed by atoms with E-state index < -0.39 is 29.6 Å². The van der Waals surface area contributed by atoms with E-state index in [1.807, 2.05) is 0 Å². The number of nitrogens with zero attached hydrogens (tertiary/aromatic N) is 2. The molecule has 0 fully saturated rings. The molecular formula is C27H24ClN3O6S. The first-order chi connectivity index (χ1) is 18.1. The summed E-state index contributed by atoms with van der Waals surface area (Å²) in [5.41, 5.74) is 1.89. The molecule has 2 aromatic carbocycles. The highest BCUT2D eigenvalue weighted by molar-refractivity contribution is 7.07. The summed E-state index contributed by atoms with van der Waals surface area (Å²) in [6, 6.07) is 9.19. The Hall–Kier alpha value is -3.89. The summed E-state index contributed by atoms with van der Waals surface area (Å²) in [7, 11) is 3.03. The number of allylic oxidation sites excluding steroid dienone is 1. The van der Waals surface area contributed by atoms with E-state index in [0.717, 1.165) is 11.3 Å². The van der Waals surface area contributed by atoms with Crippen LogP contribution >= 0.6 is 22.9 Å². The van der Waals surface area contributed by atoms with Gasteiger partial charge in [0.15, 0.2) is 4.80 Å². The quantitative estimate of drug-likeness (QED) is 0.486. The summed E-state index contributed by atoms with van der Waals surface area (Å²) in [6.45, 7) is 5.18. The van der Waals surface area contributed by atoms with Crippen molar-refractivity contribution >= 4 is 46.1 Å². The molecule has 5 rings (SSSR count). The predicted molar refractivity (Wildman–Crippen MR) is 144 cm³/mol. The highest BCUT2D eigenvalue weighted by Crippen LogP contribution is 2.38. The second kappa shape index (κ2) is 9.77. The zero-order chi connectivity index (χ0) is 27.3. The third-order valence-corrected chi connectivity index (χ3v) is 7.53. The molecule has 0 saturated heterocycles. The second-order valence-electron chi connectivity index (χ2n) is 8.98. The van der Waals surface area contributed by atoms with Crippen molar-refractivity contribution in [2.75, 3.05) is 19.5 Å². The van der Waals surface area contributed by atoms with Crippen LogP contribution < -0.4 is 29.7 Å². The van der Waals surface area contributed by atoms with Crippen LogP contribution in [0.25, 0.3) is 5.57 Å². The summed E-state index contributed by atoms with van der Waals surface area (Å²) in [6.07, 6.45) is -0.397. The van der Waals surface area contributed by atoms with Gasteiger partial charge in [-0.3, -0.25) is 14.2 Å². The Balaban J connectivity index is 1.85. The van der Waals surface area contributed by atoms with Crippen molar-refractivity contribution in [1.82, 2.24) is 4.57 Å². The fraction of sp³-hybridized carbons (Fsp3) is 0.259. The lowest BCUT2D eigenvalue weighted by molar-refractivity contribution is -0.143. The van der Waals surface area contributed by atoms with E-state index in [-0.39, 0.29) is 15.7 Å². The molecule has 0 bridgehead atoms. The Kier molecular flexibility index (Phi) is 6.62. The second-order valence-corrected chi connectivity index (χ2v) is 10.4. The Bertz CT molecular complexity index is 1720. The Morgan fingerprint density at radius 3 is 2.58 bits per heavy atom. The van der Waals surface area contributed by atoms with Crippen molar-refractivity contribution in [2.45, 2.75) is 32.9 Å². The number of aromatic nitrogens is 1. The van der Waals surface area contributed by atoms with E-state index in [1.165, 1.54) is 18.8 Å². The normalized spacial score (nSPS) is 17.6. The standard InChI is InChI=1S/C27H24ClN3O6S/c1-12(2)37-26(34)20-13(3)29-27-31(22(20)17-11-15(35-4)7-9-19(17)36-5)25(33)23(38-27)21-16-10-14(28)6-8-18(16)30-24(21)32/h6-12,22H,1-5H3,(H,30,32)/b23-21+/t22-/m0/s1. The van der Waals surface area contributed by atoms with Gasteiger partial charge in [-0.2, -0.15) is 0 Å². The number of carbonyl (C=O) groups excluding carboxylic acids is 2. The zero-order valence-electron chi connectivity index (χ0n) is 21.2. The SMILES string of the molecule is COc1ccc(OC)c([C@H]2C(C(=O)OC(C)C)=C(C)N=c3s/c(=C4/C(=O)Nc5ccc(Cl)cc54)c(=O)n32)c1. The van der Waals surface area contributed by atoms with Gasteiger partial charge in [0.1, 0.15) is 22.1 Å². The molecule has 38 heavy (non-hydrogen) atoms. The Morgan fingerprint density at radius 1 is 1.13 bits per heavy atom. The number of thiazole rings is 1. The van der Waals surface area contributed by atoms with Gasteiger partial charge >= 0.3 is 5.97 Å². The highest BCUT2D eigenvalue weighted by Gasteiger charge is 2.37. The lowest BCUT2D eigenvalue weighted by atomic mass is 9.94. The Labute approximate surface area is 226 Å². The van der Waals surface area contributed by atoms with Gasteiger partial charge in [0.25, 0.3) is 11.5 Å².